The summed E-state index contributed by atoms with van der Waals surface area (Å²) in [5.41, 5.74) is 1.04. The summed E-state index contributed by atoms with van der Waals surface area (Å²) in [5, 5.41) is 0. The Morgan fingerprint density at radius 1 is 0.667 bits per heavy atom. The minimum absolute atomic E-state index is 0.0782. The van der Waals surface area contributed by atoms with Gasteiger partial charge in [0.25, 0.3) is 0 Å². The highest BCUT2D eigenvalue weighted by Crippen LogP contribution is 2.20. The molecule has 0 saturated carbocycles. The van der Waals surface area contributed by atoms with E-state index in [4.69, 9.17) is 4.18 Å². The largest absolute Gasteiger partial charge is 0.379 e. The van der Waals surface area contributed by atoms with Crippen LogP contribution in [0.1, 0.15) is 15.9 Å². The van der Waals surface area contributed by atoms with Crippen molar-refractivity contribution >= 4 is 15.9 Å². The van der Waals surface area contributed by atoms with Crippen molar-refractivity contribution in [2.24, 2.45) is 0 Å². The lowest BCUT2D eigenvalue weighted by atomic mass is 10.0. The standard InChI is InChI=1S/C19H14O4S/c20-19(15-7-3-1-4-8-15)16-11-13-17(14-12-16)23-24(21,22)18-9-5-2-6-10-18/h1-14H. The highest BCUT2D eigenvalue weighted by Gasteiger charge is 2.16. The van der Waals surface area contributed by atoms with E-state index in [1.165, 1.54) is 24.3 Å². The SMILES string of the molecule is O=C(c1ccccc1)c1ccc(OS(=O)(=O)c2ccccc2)cc1. The van der Waals surface area contributed by atoms with Crippen molar-refractivity contribution in [1.82, 2.24) is 0 Å². The second-order valence-electron chi connectivity index (χ2n) is 5.07. The van der Waals surface area contributed by atoms with Crippen LogP contribution in [0.2, 0.25) is 0 Å². The third kappa shape index (κ3) is 3.52. The molecule has 120 valence electrons. The van der Waals surface area contributed by atoms with Crippen molar-refractivity contribution in [3.63, 3.8) is 0 Å². The summed E-state index contributed by atoms with van der Waals surface area (Å²) in [5.74, 6) is 0.0246. The Labute approximate surface area is 140 Å². The summed E-state index contributed by atoms with van der Waals surface area (Å²) in [6.07, 6.45) is 0. The summed E-state index contributed by atoms with van der Waals surface area (Å²) < 4.78 is 29.4. The van der Waals surface area contributed by atoms with Crippen LogP contribution >= 0.6 is 0 Å². The van der Waals surface area contributed by atoms with Gasteiger partial charge < -0.3 is 4.18 Å². The molecule has 0 spiro atoms. The second-order valence-corrected chi connectivity index (χ2v) is 6.62. The highest BCUT2D eigenvalue weighted by atomic mass is 32.2. The van der Waals surface area contributed by atoms with Gasteiger partial charge in [-0.3, -0.25) is 4.79 Å². The van der Waals surface area contributed by atoms with E-state index in [9.17, 15) is 13.2 Å². The Kier molecular flexibility index (Phi) is 4.44. The molecule has 0 aliphatic rings. The minimum atomic E-state index is -3.88. The molecular formula is C19H14O4S. The second kappa shape index (κ2) is 6.68. The molecule has 24 heavy (non-hydrogen) atoms. The van der Waals surface area contributed by atoms with E-state index < -0.39 is 10.1 Å². The first kappa shape index (κ1) is 16.0. The van der Waals surface area contributed by atoms with Gasteiger partial charge in [-0.15, -0.1) is 0 Å². The Morgan fingerprint density at radius 2 is 1.17 bits per heavy atom. The lowest BCUT2D eigenvalue weighted by Crippen LogP contribution is -2.09. The molecular weight excluding hydrogens is 324 g/mol. The Balaban J connectivity index is 1.79. The van der Waals surface area contributed by atoms with Crippen LogP contribution < -0.4 is 4.18 Å². The van der Waals surface area contributed by atoms with Crippen LogP contribution in [0.4, 0.5) is 0 Å². The number of hydrogen-bond acceptors (Lipinski definition) is 4. The summed E-state index contributed by atoms with van der Waals surface area (Å²) in [6.45, 7) is 0. The van der Waals surface area contributed by atoms with E-state index in [1.807, 2.05) is 6.07 Å². The predicted octanol–water partition coefficient (Wildman–Crippen LogP) is 3.69. The number of ketones is 1. The van der Waals surface area contributed by atoms with Gasteiger partial charge in [-0.25, -0.2) is 0 Å². The van der Waals surface area contributed by atoms with Crippen LogP contribution in [0, 0.1) is 0 Å². The number of hydrogen-bond donors (Lipinski definition) is 0. The fourth-order valence-corrected chi connectivity index (χ4v) is 3.13. The molecule has 3 rings (SSSR count). The lowest BCUT2D eigenvalue weighted by molar-refractivity contribution is 0.103. The molecule has 0 atom stereocenters. The normalized spacial score (nSPS) is 11.0. The van der Waals surface area contributed by atoms with Gasteiger partial charge in [-0.2, -0.15) is 8.42 Å². The molecule has 0 amide bonds. The molecule has 0 saturated heterocycles. The fraction of sp³-hybridized carbons (Fsp3) is 0. The van der Waals surface area contributed by atoms with Gasteiger partial charge in [0.2, 0.25) is 0 Å². The summed E-state index contributed by atoms with van der Waals surface area (Å²) in [7, 11) is -3.88. The van der Waals surface area contributed by atoms with E-state index in [2.05, 4.69) is 0 Å². The number of benzene rings is 3. The van der Waals surface area contributed by atoms with Crippen LogP contribution in [-0.4, -0.2) is 14.2 Å². The maximum absolute atomic E-state index is 12.3. The monoisotopic (exact) mass is 338 g/mol. The molecule has 0 aromatic heterocycles. The van der Waals surface area contributed by atoms with Crippen LogP contribution in [-0.2, 0) is 10.1 Å². The van der Waals surface area contributed by atoms with Gasteiger partial charge in [0.1, 0.15) is 10.6 Å². The molecule has 5 heteroatoms. The first-order chi connectivity index (χ1) is 11.6. The molecule has 0 N–H and O–H groups in total. The van der Waals surface area contributed by atoms with Gasteiger partial charge >= 0.3 is 10.1 Å². The van der Waals surface area contributed by atoms with E-state index in [0.717, 1.165) is 0 Å². The van der Waals surface area contributed by atoms with E-state index in [-0.39, 0.29) is 16.4 Å². The van der Waals surface area contributed by atoms with E-state index >= 15 is 0 Å². The molecule has 3 aromatic carbocycles. The molecule has 0 aliphatic heterocycles. The third-order valence-corrected chi connectivity index (χ3v) is 4.65. The van der Waals surface area contributed by atoms with E-state index in [0.29, 0.717) is 11.1 Å². The van der Waals surface area contributed by atoms with Crippen molar-refractivity contribution < 1.29 is 17.4 Å². The van der Waals surface area contributed by atoms with Gasteiger partial charge in [0.05, 0.1) is 0 Å². The van der Waals surface area contributed by atoms with Gasteiger partial charge in [0, 0.05) is 11.1 Å². The fourth-order valence-electron chi connectivity index (χ4n) is 2.18. The molecule has 0 aliphatic carbocycles. The van der Waals surface area contributed by atoms with E-state index in [1.54, 1.807) is 54.6 Å². The van der Waals surface area contributed by atoms with Crippen molar-refractivity contribution in [1.29, 1.82) is 0 Å². The van der Waals surface area contributed by atoms with Crippen molar-refractivity contribution in [3.05, 3.63) is 96.1 Å². The molecule has 4 nitrogen and oxygen atoms in total. The summed E-state index contributed by atoms with van der Waals surface area (Å²) in [6, 6.07) is 22.8. The zero-order valence-electron chi connectivity index (χ0n) is 12.6. The van der Waals surface area contributed by atoms with Crippen LogP contribution in [0.5, 0.6) is 5.75 Å². The van der Waals surface area contributed by atoms with Crippen LogP contribution in [0.25, 0.3) is 0 Å². The van der Waals surface area contributed by atoms with Crippen LogP contribution in [0.15, 0.2) is 89.8 Å². The summed E-state index contributed by atoms with van der Waals surface area (Å²) in [4.78, 5) is 12.4. The average Bonchev–Trinajstić information content (AvgIpc) is 2.63. The van der Waals surface area contributed by atoms with Crippen molar-refractivity contribution in [2.75, 3.05) is 0 Å². The van der Waals surface area contributed by atoms with Gasteiger partial charge in [-0.05, 0) is 36.4 Å². The zero-order valence-corrected chi connectivity index (χ0v) is 13.4. The van der Waals surface area contributed by atoms with Gasteiger partial charge in [0.15, 0.2) is 5.78 Å². The molecule has 0 fully saturated rings. The predicted molar refractivity (Wildman–Crippen MR) is 90.6 cm³/mol. The number of rotatable bonds is 5. The van der Waals surface area contributed by atoms with Crippen LogP contribution in [0.3, 0.4) is 0 Å². The van der Waals surface area contributed by atoms with Crippen molar-refractivity contribution in [3.8, 4) is 5.75 Å². The minimum Gasteiger partial charge on any atom is -0.379 e. The Hall–Kier alpha value is -2.92. The third-order valence-electron chi connectivity index (χ3n) is 3.39. The number of carbonyl (C=O) groups excluding carboxylic acids is 1. The van der Waals surface area contributed by atoms with Gasteiger partial charge in [-0.1, -0.05) is 48.5 Å². The maximum atomic E-state index is 12.3. The smallest absolute Gasteiger partial charge is 0.339 e. The quantitative estimate of drug-likeness (QED) is 0.526. The topological polar surface area (TPSA) is 60.4 Å². The molecule has 3 aromatic rings. The summed E-state index contributed by atoms with van der Waals surface area (Å²) >= 11 is 0. The first-order valence-corrected chi connectivity index (χ1v) is 8.66. The molecule has 0 unspecified atom stereocenters. The molecule has 0 radical (unpaired) electrons. The first-order valence-electron chi connectivity index (χ1n) is 7.26. The molecule has 0 bridgehead atoms. The average molecular weight is 338 g/mol. The van der Waals surface area contributed by atoms with Crippen molar-refractivity contribution in [2.45, 2.75) is 4.90 Å². The molecule has 0 heterocycles. The number of carbonyl (C=O) groups is 1. The highest BCUT2D eigenvalue weighted by molar-refractivity contribution is 7.87. The maximum Gasteiger partial charge on any atom is 0.339 e. The Bertz CT molecular complexity index is 932. The zero-order chi connectivity index (χ0) is 17.0. The Morgan fingerprint density at radius 3 is 1.75 bits per heavy atom. The lowest BCUT2D eigenvalue weighted by Gasteiger charge is -2.07.